The lowest BCUT2D eigenvalue weighted by molar-refractivity contribution is -0.116. The SMILES string of the molecule is CCOc1cc2ncc(C#N)c(Nc3ccc(OCc4nc(C(C)C)no4)c(Cl)c3)c2cc1NC(=O)CCCN(C)C. The van der Waals surface area contributed by atoms with Crippen LogP contribution in [0.15, 0.2) is 41.1 Å². The minimum absolute atomic E-state index is 0.0750. The van der Waals surface area contributed by atoms with Gasteiger partial charge in [0.1, 0.15) is 17.6 Å². The van der Waals surface area contributed by atoms with Gasteiger partial charge in [0.2, 0.25) is 5.91 Å². The number of carbonyl (C=O) groups excluding carboxylic acids is 1. The molecular formula is C30H34ClN7O4. The Kier molecular flexibility index (Phi) is 10.2. The van der Waals surface area contributed by atoms with Crippen LogP contribution in [0.2, 0.25) is 5.02 Å². The van der Waals surface area contributed by atoms with Crippen molar-refractivity contribution in [2.45, 2.75) is 46.1 Å². The van der Waals surface area contributed by atoms with Gasteiger partial charge in [-0.25, -0.2) is 0 Å². The van der Waals surface area contributed by atoms with Crippen molar-refractivity contribution in [2.24, 2.45) is 0 Å². The van der Waals surface area contributed by atoms with Crippen LogP contribution >= 0.6 is 11.6 Å². The molecule has 4 aromatic rings. The predicted molar refractivity (Wildman–Crippen MR) is 161 cm³/mol. The maximum Gasteiger partial charge on any atom is 0.264 e. The lowest BCUT2D eigenvalue weighted by Gasteiger charge is -2.17. The van der Waals surface area contributed by atoms with E-state index in [4.69, 9.17) is 25.6 Å². The molecule has 42 heavy (non-hydrogen) atoms. The summed E-state index contributed by atoms with van der Waals surface area (Å²) in [6.07, 6.45) is 2.58. The Labute approximate surface area is 249 Å². The van der Waals surface area contributed by atoms with Crippen LogP contribution in [0.4, 0.5) is 17.1 Å². The van der Waals surface area contributed by atoms with E-state index >= 15 is 0 Å². The van der Waals surface area contributed by atoms with E-state index in [9.17, 15) is 10.1 Å². The first kappa shape index (κ1) is 30.6. The summed E-state index contributed by atoms with van der Waals surface area (Å²) >= 11 is 6.53. The molecule has 220 valence electrons. The molecule has 0 aliphatic rings. The van der Waals surface area contributed by atoms with E-state index in [0.717, 1.165) is 13.0 Å². The molecule has 0 atom stereocenters. The van der Waals surface area contributed by atoms with Crippen molar-refractivity contribution in [3.63, 3.8) is 0 Å². The number of aromatic nitrogens is 3. The number of pyridine rings is 1. The molecule has 0 fully saturated rings. The molecule has 2 N–H and O–H groups in total. The predicted octanol–water partition coefficient (Wildman–Crippen LogP) is 6.27. The monoisotopic (exact) mass is 591 g/mol. The number of halogens is 1. The average molecular weight is 592 g/mol. The Morgan fingerprint density at radius 2 is 2.00 bits per heavy atom. The van der Waals surface area contributed by atoms with Crippen molar-refractivity contribution >= 4 is 45.5 Å². The lowest BCUT2D eigenvalue weighted by atomic mass is 10.1. The highest BCUT2D eigenvalue weighted by Gasteiger charge is 2.17. The molecule has 0 saturated carbocycles. The highest BCUT2D eigenvalue weighted by atomic mass is 35.5. The molecule has 12 heteroatoms. The van der Waals surface area contributed by atoms with Crippen molar-refractivity contribution in [2.75, 3.05) is 37.9 Å². The highest BCUT2D eigenvalue weighted by Crippen LogP contribution is 2.37. The van der Waals surface area contributed by atoms with Crippen LogP contribution in [0, 0.1) is 11.3 Å². The molecule has 4 rings (SSSR count). The summed E-state index contributed by atoms with van der Waals surface area (Å²) in [6.45, 7) is 7.11. The van der Waals surface area contributed by atoms with Crippen LogP contribution in [0.1, 0.15) is 56.8 Å². The van der Waals surface area contributed by atoms with E-state index < -0.39 is 0 Å². The smallest absolute Gasteiger partial charge is 0.264 e. The number of nitrogens with zero attached hydrogens (tertiary/aromatic N) is 5. The molecule has 1 amide bonds. The number of benzene rings is 2. The molecule has 2 heterocycles. The van der Waals surface area contributed by atoms with Gasteiger partial charge >= 0.3 is 0 Å². The quantitative estimate of drug-likeness (QED) is 0.183. The van der Waals surface area contributed by atoms with Crippen LogP contribution in [-0.2, 0) is 11.4 Å². The Morgan fingerprint density at radius 1 is 1.19 bits per heavy atom. The molecule has 11 nitrogen and oxygen atoms in total. The van der Waals surface area contributed by atoms with Gasteiger partial charge in [0.25, 0.3) is 5.89 Å². The fraction of sp³-hybridized carbons (Fsp3) is 0.367. The topological polar surface area (TPSA) is 138 Å². The Hall–Kier alpha value is -4.40. The number of amides is 1. The van der Waals surface area contributed by atoms with E-state index in [1.165, 1.54) is 6.20 Å². The van der Waals surface area contributed by atoms with Crippen LogP contribution < -0.4 is 20.1 Å². The average Bonchev–Trinajstić information content (AvgIpc) is 3.43. The summed E-state index contributed by atoms with van der Waals surface area (Å²) in [4.78, 5) is 23.5. The van der Waals surface area contributed by atoms with E-state index in [0.29, 0.717) is 74.8 Å². The summed E-state index contributed by atoms with van der Waals surface area (Å²) in [7, 11) is 3.93. The van der Waals surface area contributed by atoms with Gasteiger partial charge in [-0.3, -0.25) is 9.78 Å². The molecule has 0 bridgehead atoms. The van der Waals surface area contributed by atoms with E-state index in [-0.39, 0.29) is 18.4 Å². The van der Waals surface area contributed by atoms with Crippen molar-refractivity contribution in [1.82, 2.24) is 20.0 Å². The molecular weight excluding hydrogens is 558 g/mol. The van der Waals surface area contributed by atoms with Crippen molar-refractivity contribution in [3.8, 4) is 17.6 Å². The van der Waals surface area contributed by atoms with Crippen molar-refractivity contribution < 1.29 is 18.8 Å². The zero-order valence-electron chi connectivity index (χ0n) is 24.3. The lowest BCUT2D eigenvalue weighted by Crippen LogP contribution is -2.17. The van der Waals surface area contributed by atoms with Gasteiger partial charge in [0.05, 0.1) is 34.1 Å². The molecule has 2 aromatic heterocycles. The minimum Gasteiger partial charge on any atom is -0.492 e. The fourth-order valence-electron chi connectivity index (χ4n) is 4.12. The summed E-state index contributed by atoms with van der Waals surface area (Å²) < 4.78 is 16.8. The molecule has 0 unspecified atom stereocenters. The number of fused-ring (bicyclic) bond motifs is 1. The maximum absolute atomic E-state index is 12.7. The Balaban J connectivity index is 1.59. The normalized spacial score (nSPS) is 11.1. The Bertz CT molecular complexity index is 1600. The number of nitrogens with one attached hydrogen (secondary N) is 2. The molecule has 0 saturated heterocycles. The van der Waals surface area contributed by atoms with Crippen molar-refractivity contribution in [1.29, 1.82) is 5.26 Å². The third kappa shape index (κ3) is 7.66. The van der Waals surface area contributed by atoms with E-state index in [1.54, 1.807) is 30.3 Å². The molecule has 0 spiro atoms. The number of carbonyl (C=O) groups is 1. The van der Waals surface area contributed by atoms with Crippen molar-refractivity contribution in [3.05, 3.63) is 58.8 Å². The number of nitriles is 1. The first-order valence-corrected chi connectivity index (χ1v) is 14.0. The van der Waals surface area contributed by atoms with Gasteiger partial charge in [-0.2, -0.15) is 10.2 Å². The number of anilines is 3. The standard InChI is InChI=1S/C30H34ClN7O4/c1-6-40-26-14-23-21(13-24(26)35-27(39)8-7-11-38(4)5)29(19(15-32)16-33-23)34-20-9-10-25(22(31)12-20)41-17-28-36-30(18(2)3)37-42-28/h9-10,12-14,16,18H,6-8,11,17H2,1-5H3,(H,33,34)(H,35,39). The summed E-state index contributed by atoms with van der Waals surface area (Å²) in [6, 6.07) is 10.9. The Morgan fingerprint density at radius 3 is 2.67 bits per heavy atom. The highest BCUT2D eigenvalue weighted by molar-refractivity contribution is 6.32. The largest absolute Gasteiger partial charge is 0.492 e. The third-order valence-electron chi connectivity index (χ3n) is 6.23. The van der Waals surface area contributed by atoms with Crippen LogP contribution in [0.25, 0.3) is 10.9 Å². The zero-order valence-corrected chi connectivity index (χ0v) is 25.1. The minimum atomic E-state index is -0.126. The first-order valence-electron chi connectivity index (χ1n) is 13.6. The molecule has 2 aromatic carbocycles. The van der Waals surface area contributed by atoms with Gasteiger partial charge in [-0.1, -0.05) is 30.6 Å². The number of hydrogen-bond donors (Lipinski definition) is 2. The van der Waals surface area contributed by atoms with Gasteiger partial charge < -0.3 is 29.5 Å². The van der Waals surface area contributed by atoms with E-state index in [1.807, 2.05) is 39.8 Å². The van der Waals surface area contributed by atoms with Crippen LogP contribution in [0.3, 0.4) is 0 Å². The maximum atomic E-state index is 12.7. The van der Waals surface area contributed by atoms with Gasteiger partial charge in [0, 0.05) is 35.7 Å². The summed E-state index contributed by atoms with van der Waals surface area (Å²) in [5.74, 6) is 1.92. The number of hydrogen-bond acceptors (Lipinski definition) is 10. The zero-order chi connectivity index (χ0) is 30.2. The van der Waals surface area contributed by atoms with Gasteiger partial charge in [-0.05, 0) is 58.3 Å². The molecule has 0 aliphatic carbocycles. The second-order valence-electron chi connectivity index (χ2n) is 10.2. The second kappa shape index (κ2) is 14.0. The third-order valence-corrected chi connectivity index (χ3v) is 6.52. The molecule has 0 aliphatic heterocycles. The number of ether oxygens (including phenoxy) is 2. The molecule has 0 radical (unpaired) electrons. The van der Waals surface area contributed by atoms with E-state index in [2.05, 4.69) is 31.8 Å². The van der Waals surface area contributed by atoms with Crippen LogP contribution in [0.5, 0.6) is 11.5 Å². The second-order valence-corrected chi connectivity index (χ2v) is 10.6. The summed E-state index contributed by atoms with van der Waals surface area (Å²) in [5, 5.41) is 21.1. The van der Waals surface area contributed by atoms with Gasteiger partial charge in [0.15, 0.2) is 12.4 Å². The van der Waals surface area contributed by atoms with Gasteiger partial charge in [-0.15, -0.1) is 0 Å². The number of rotatable bonds is 13. The van der Waals surface area contributed by atoms with Crippen LogP contribution in [-0.4, -0.2) is 53.2 Å². The summed E-state index contributed by atoms with van der Waals surface area (Å²) in [5.41, 5.74) is 2.56. The first-order chi connectivity index (χ1) is 20.2. The fourth-order valence-corrected chi connectivity index (χ4v) is 4.36.